The molecule has 1 aromatic rings. The van der Waals surface area contributed by atoms with E-state index in [0.717, 1.165) is 36.5 Å². The van der Waals surface area contributed by atoms with Crippen molar-refractivity contribution < 1.29 is 0 Å². The van der Waals surface area contributed by atoms with Crippen LogP contribution >= 0.6 is 24.0 Å². The number of halogens is 1. The summed E-state index contributed by atoms with van der Waals surface area (Å²) in [4.78, 5) is 13.5. The molecule has 1 aliphatic carbocycles. The molecule has 2 fully saturated rings. The van der Waals surface area contributed by atoms with Gasteiger partial charge in [-0.25, -0.2) is 4.98 Å². The van der Waals surface area contributed by atoms with Gasteiger partial charge in [0.05, 0.1) is 0 Å². The van der Waals surface area contributed by atoms with Crippen molar-refractivity contribution in [2.45, 2.75) is 50.7 Å². The van der Waals surface area contributed by atoms with Crippen LogP contribution in [-0.4, -0.2) is 62.2 Å². The Balaban J connectivity index is 0.00000243. The monoisotopic (exact) mass is 472 g/mol. The highest BCUT2D eigenvalue weighted by Crippen LogP contribution is 2.26. The lowest BCUT2D eigenvalue weighted by atomic mass is 10.2. The maximum atomic E-state index is 4.46. The second kappa shape index (κ2) is 10.3. The van der Waals surface area contributed by atoms with Gasteiger partial charge in [0.2, 0.25) is 0 Å². The van der Waals surface area contributed by atoms with Crippen molar-refractivity contribution in [3.05, 3.63) is 23.9 Å². The fourth-order valence-corrected chi connectivity index (χ4v) is 3.87. The summed E-state index contributed by atoms with van der Waals surface area (Å²) >= 11 is 0. The highest BCUT2D eigenvalue weighted by Gasteiger charge is 2.30. The van der Waals surface area contributed by atoms with Crippen LogP contribution < -0.4 is 15.5 Å². The van der Waals surface area contributed by atoms with Gasteiger partial charge in [0.1, 0.15) is 5.82 Å². The topological polar surface area (TPSA) is 55.8 Å². The van der Waals surface area contributed by atoms with E-state index < -0.39 is 0 Å². The van der Waals surface area contributed by atoms with Crippen molar-refractivity contribution in [1.29, 1.82) is 0 Å². The molecule has 2 aliphatic rings. The molecule has 0 radical (unpaired) electrons. The SMILES string of the molecule is CN=C(NCc1ccc(N(C)C)nc1)NC1CCN(C2CCCC2)C1.I. The van der Waals surface area contributed by atoms with Crippen molar-refractivity contribution in [3.63, 3.8) is 0 Å². The van der Waals surface area contributed by atoms with Crippen molar-refractivity contribution >= 4 is 35.8 Å². The van der Waals surface area contributed by atoms with Gasteiger partial charge in [0.25, 0.3) is 0 Å². The van der Waals surface area contributed by atoms with Gasteiger partial charge in [0, 0.05) is 59.1 Å². The third-order valence-corrected chi connectivity index (χ3v) is 5.35. The fourth-order valence-electron chi connectivity index (χ4n) is 3.87. The lowest BCUT2D eigenvalue weighted by Crippen LogP contribution is -2.45. The zero-order valence-electron chi connectivity index (χ0n) is 16.2. The minimum atomic E-state index is 0. The Hall–Kier alpha value is -1.09. The van der Waals surface area contributed by atoms with E-state index in [0.29, 0.717) is 6.04 Å². The first-order chi connectivity index (χ1) is 12.2. The fraction of sp³-hybridized carbons (Fsp3) is 0.684. The molecule has 0 aromatic carbocycles. The predicted molar refractivity (Wildman–Crippen MR) is 120 cm³/mol. The van der Waals surface area contributed by atoms with E-state index in [1.54, 1.807) is 0 Å². The van der Waals surface area contributed by atoms with E-state index >= 15 is 0 Å². The summed E-state index contributed by atoms with van der Waals surface area (Å²) in [7, 11) is 5.84. The normalized spacial score (nSPS) is 21.5. The molecule has 6 nitrogen and oxygen atoms in total. The van der Waals surface area contributed by atoms with Gasteiger partial charge in [0.15, 0.2) is 5.96 Å². The Kier molecular flexibility index (Phi) is 8.40. The molecule has 7 heteroatoms. The zero-order chi connectivity index (χ0) is 17.6. The number of aliphatic imine (C=N–C) groups is 1. The standard InChI is InChI=1S/C19H32N6.HI/c1-20-19(22-13-15-8-9-18(21-12-15)24(2)3)23-16-10-11-25(14-16)17-6-4-5-7-17;/h8-9,12,16-17H,4-7,10-11,13-14H2,1-3H3,(H2,20,22,23);1H. The summed E-state index contributed by atoms with van der Waals surface area (Å²) < 4.78 is 0. The molecule has 1 atom stereocenters. The lowest BCUT2D eigenvalue weighted by molar-refractivity contribution is 0.242. The molecule has 2 heterocycles. The number of pyridine rings is 1. The molecule has 0 amide bonds. The number of aromatic nitrogens is 1. The molecule has 1 unspecified atom stereocenters. The quantitative estimate of drug-likeness (QED) is 0.392. The van der Waals surface area contributed by atoms with Crippen LogP contribution in [0.4, 0.5) is 5.82 Å². The van der Waals surface area contributed by atoms with E-state index in [2.05, 4.69) is 31.6 Å². The Labute approximate surface area is 174 Å². The third-order valence-electron chi connectivity index (χ3n) is 5.35. The zero-order valence-corrected chi connectivity index (χ0v) is 18.6. The van der Waals surface area contributed by atoms with Crippen LogP contribution in [0.25, 0.3) is 0 Å². The molecule has 1 aromatic heterocycles. The van der Waals surface area contributed by atoms with Crippen LogP contribution in [-0.2, 0) is 6.54 Å². The largest absolute Gasteiger partial charge is 0.363 e. The summed E-state index contributed by atoms with van der Waals surface area (Å²) in [5, 5.41) is 7.00. The summed E-state index contributed by atoms with van der Waals surface area (Å²) in [5.41, 5.74) is 1.16. The number of rotatable bonds is 5. The molecule has 0 bridgehead atoms. The van der Waals surface area contributed by atoms with Crippen LogP contribution in [0.3, 0.4) is 0 Å². The van der Waals surface area contributed by atoms with E-state index in [4.69, 9.17) is 0 Å². The Morgan fingerprint density at radius 3 is 2.65 bits per heavy atom. The molecular formula is C19H33IN6. The van der Waals surface area contributed by atoms with E-state index in [1.807, 2.05) is 38.3 Å². The summed E-state index contributed by atoms with van der Waals surface area (Å²) in [6.07, 6.45) is 8.71. The first-order valence-corrected chi connectivity index (χ1v) is 9.49. The van der Waals surface area contributed by atoms with Crippen LogP contribution in [0.1, 0.15) is 37.7 Å². The summed E-state index contributed by atoms with van der Waals surface area (Å²) in [6.45, 7) is 3.10. The number of anilines is 1. The van der Waals surface area contributed by atoms with Crippen molar-refractivity contribution in [2.24, 2.45) is 4.99 Å². The molecule has 0 spiro atoms. The molecule has 146 valence electrons. The first kappa shape index (κ1) is 21.2. The molecule has 1 aliphatic heterocycles. The number of likely N-dealkylation sites (tertiary alicyclic amines) is 1. The van der Waals surface area contributed by atoms with Gasteiger partial charge in [-0.2, -0.15) is 0 Å². The minimum absolute atomic E-state index is 0. The second-order valence-electron chi connectivity index (χ2n) is 7.41. The Morgan fingerprint density at radius 2 is 2.04 bits per heavy atom. The van der Waals surface area contributed by atoms with Gasteiger partial charge >= 0.3 is 0 Å². The van der Waals surface area contributed by atoms with Crippen LogP contribution in [0, 0.1) is 0 Å². The molecule has 2 N–H and O–H groups in total. The van der Waals surface area contributed by atoms with Gasteiger partial charge < -0.3 is 15.5 Å². The van der Waals surface area contributed by atoms with E-state index in [1.165, 1.54) is 38.6 Å². The number of nitrogens with zero attached hydrogens (tertiary/aromatic N) is 4. The van der Waals surface area contributed by atoms with Gasteiger partial charge in [-0.15, -0.1) is 24.0 Å². The average Bonchev–Trinajstić information content (AvgIpc) is 3.30. The van der Waals surface area contributed by atoms with Crippen molar-refractivity contribution in [2.75, 3.05) is 39.1 Å². The molecule has 3 rings (SSSR count). The summed E-state index contributed by atoms with van der Waals surface area (Å²) in [5.74, 6) is 1.86. The minimum Gasteiger partial charge on any atom is -0.363 e. The average molecular weight is 472 g/mol. The third kappa shape index (κ3) is 5.70. The van der Waals surface area contributed by atoms with Crippen molar-refractivity contribution in [1.82, 2.24) is 20.5 Å². The maximum Gasteiger partial charge on any atom is 0.191 e. The molecule has 26 heavy (non-hydrogen) atoms. The smallest absolute Gasteiger partial charge is 0.191 e. The van der Waals surface area contributed by atoms with Crippen LogP contribution in [0.5, 0.6) is 0 Å². The van der Waals surface area contributed by atoms with Crippen molar-refractivity contribution in [3.8, 4) is 0 Å². The molecular weight excluding hydrogens is 439 g/mol. The number of hydrogen-bond acceptors (Lipinski definition) is 4. The Bertz CT molecular complexity index is 568. The highest BCUT2D eigenvalue weighted by molar-refractivity contribution is 14.0. The number of guanidine groups is 1. The lowest BCUT2D eigenvalue weighted by Gasteiger charge is -2.24. The summed E-state index contributed by atoms with van der Waals surface area (Å²) in [6, 6.07) is 5.48. The van der Waals surface area contributed by atoms with Gasteiger partial charge in [-0.1, -0.05) is 18.9 Å². The first-order valence-electron chi connectivity index (χ1n) is 9.49. The van der Waals surface area contributed by atoms with Crippen LogP contribution in [0.2, 0.25) is 0 Å². The van der Waals surface area contributed by atoms with E-state index in [9.17, 15) is 0 Å². The molecule has 1 saturated carbocycles. The van der Waals surface area contributed by atoms with Gasteiger partial charge in [-0.05, 0) is 30.9 Å². The maximum absolute atomic E-state index is 4.46. The number of nitrogens with one attached hydrogen (secondary N) is 2. The number of hydrogen-bond donors (Lipinski definition) is 2. The van der Waals surface area contributed by atoms with Crippen LogP contribution in [0.15, 0.2) is 23.3 Å². The molecule has 1 saturated heterocycles. The Morgan fingerprint density at radius 1 is 1.27 bits per heavy atom. The van der Waals surface area contributed by atoms with Gasteiger partial charge in [-0.3, -0.25) is 9.89 Å². The van der Waals surface area contributed by atoms with E-state index in [-0.39, 0.29) is 24.0 Å². The second-order valence-corrected chi connectivity index (χ2v) is 7.41. The predicted octanol–water partition coefficient (Wildman–Crippen LogP) is 2.45. The highest BCUT2D eigenvalue weighted by atomic mass is 127.